The number of rotatable bonds is 3. The Morgan fingerprint density at radius 2 is 1.73 bits per heavy atom. The van der Waals surface area contributed by atoms with Crippen molar-refractivity contribution in [1.29, 1.82) is 0 Å². The molecule has 2 heteroatoms. The molecule has 0 aliphatic carbocycles. The van der Waals surface area contributed by atoms with E-state index in [4.69, 9.17) is 5.11 Å². The lowest BCUT2D eigenvalue weighted by atomic mass is 10.0. The van der Waals surface area contributed by atoms with Crippen molar-refractivity contribution in [3.63, 3.8) is 0 Å². The van der Waals surface area contributed by atoms with Crippen LogP contribution in [0.4, 0.5) is 0 Å². The van der Waals surface area contributed by atoms with Crippen LogP contribution in [-0.2, 0) is 0 Å². The molecule has 2 N–H and O–H groups in total. The fourth-order valence-electron chi connectivity index (χ4n) is 0.979. The molecule has 11 heavy (non-hydrogen) atoms. The molecular formula is C9H21NO. The average Bonchev–Trinajstić information content (AvgIpc) is 1.80. The van der Waals surface area contributed by atoms with Gasteiger partial charge in [0.1, 0.15) is 0 Å². The molecule has 0 heterocycles. The van der Waals surface area contributed by atoms with Crippen molar-refractivity contribution >= 4 is 0 Å². The maximum absolute atomic E-state index is 9.00. The van der Waals surface area contributed by atoms with Gasteiger partial charge < -0.3 is 10.4 Å². The van der Waals surface area contributed by atoms with Crippen molar-refractivity contribution in [3.05, 3.63) is 0 Å². The molecule has 0 fully saturated rings. The molecule has 0 aromatic rings. The summed E-state index contributed by atoms with van der Waals surface area (Å²) in [6, 6.07) is 0.218. The Balaban J connectivity index is 3.88. The van der Waals surface area contributed by atoms with Gasteiger partial charge in [-0.05, 0) is 26.7 Å². The third-order valence-corrected chi connectivity index (χ3v) is 1.62. The van der Waals surface area contributed by atoms with Gasteiger partial charge in [-0.15, -0.1) is 0 Å². The molecule has 0 aromatic heterocycles. The maximum atomic E-state index is 9.00. The molecule has 0 bridgehead atoms. The standard InChI is InChI=1S/C9H21NO/c1-7(2)8(6-11)10-9(3,4)5/h7-8,10-11H,6H2,1-5H3/t8-/m1/s1. The van der Waals surface area contributed by atoms with Crippen LogP contribution in [0.25, 0.3) is 0 Å². The van der Waals surface area contributed by atoms with Gasteiger partial charge in [0, 0.05) is 11.6 Å². The minimum atomic E-state index is 0.0949. The highest BCUT2D eigenvalue weighted by atomic mass is 16.3. The highest BCUT2D eigenvalue weighted by Crippen LogP contribution is 2.07. The first-order valence-electron chi connectivity index (χ1n) is 4.25. The molecule has 2 nitrogen and oxygen atoms in total. The lowest BCUT2D eigenvalue weighted by Gasteiger charge is -2.29. The van der Waals surface area contributed by atoms with E-state index >= 15 is 0 Å². The molecule has 0 aliphatic rings. The summed E-state index contributed by atoms with van der Waals surface area (Å²) in [5.41, 5.74) is 0.0949. The fraction of sp³-hybridized carbons (Fsp3) is 1.00. The average molecular weight is 159 g/mol. The third kappa shape index (κ3) is 5.22. The lowest BCUT2D eigenvalue weighted by Crippen LogP contribution is -2.48. The molecule has 1 atom stereocenters. The lowest BCUT2D eigenvalue weighted by molar-refractivity contribution is 0.184. The predicted molar refractivity (Wildman–Crippen MR) is 48.6 cm³/mol. The minimum Gasteiger partial charge on any atom is -0.395 e. The largest absolute Gasteiger partial charge is 0.395 e. The molecule has 68 valence electrons. The summed E-state index contributed by atoms with van der Waals surface area (Å²) in [5, 5.41) is 12.4. The van der Waals surface area contributed by atoms with E-state index in [0.29, 0.717) is 5.92 Å². The maximum Gasteiger partial charge on any atom is 0.0587 e. The second kappa shape index (κ2) is 4.07. The van der Waals surface area contributed by atoms with Crippen molar-refractivity contribution in [2.45, 2.75) is 46.2 Å². The van der Waals surface area contributed by atoms with Gasteiger partial charge >= 0.3 is 0 Å². The van der Waals surface area contributed by atoms with E-state index < -0.39 is 0 Å². The number of aliphatic hydroxyl groups is 1. The van der Waals surface area contributed by atoms with Crippen molar-refractivity contribution in [1.82, 2.24) is 5.32 Å². The van der Waals surface area contributed by atoms with Crippen LogP contribution < -0.4 is 5.32 Å². The topological polar surface area (TPSA) is 32.3 Å². The summed E-state index contributed by atoms with van der Waals surface area (Å²) in [6.45, 7) is 10.8. The number of nitrogens with one attached hydrogen (secondary N) is 1. The summed E-state index contributed by atoms with van der Waals surface area (Å²) in [7, 11) is 0. The summed E-state index contributed by atoms with van der Waals surface area (Å²) >= 11 is 0. The van der Waals surface area contributed by atoms with E-state index in [1.807, 2.05) is 0 Å². The van der Waals surface area contributed by atoms with E-state index in [1.54, 1.807) is 0 Å². The Kier molecular flexibility index (Phi) is 4.04. The Labute approximate surface area is 70.0 Å². The summed E-state index contributed by atoms with van der Waals surface area (Å²) in [5.74, 6) is 0.485. The van der Waals surface area contributed by atoms with Crippen molar-refractivity contribution in [3.8, 4) is 0 Å². The van der Waals surface area contributed by atoms with Gasteiger partial charge in [0.05, 0.1) is 6.61 Å². The normalized spacial score (nSPS) is 15.5. The first-order valence-corrected chi connectivity index (χ1v) is 4.25. The van der Waals surface area contributed by atoms with Crippen LogP contribution in [0.1, 0.15) is 34.6 Å². The monoisotopic (exact) mass is 159 g/mol. The van der Waals surface area contributed by atoms with Gasteiger partial charge in [-0.25, -0.2) is 0 Å². The summed E-state index contributed by atoms with van der Waals surface area (Å²) in [4.78, 5) is 0. The first-order chi connectivity index (χ1) is 4.87. The molecule has 0 spiro atoms. The zero-order chi connectivity index (χ0) is 9.07. The smallest absolute Gasteiger partial charge is 0.0587 e. The van der Waals surface area contributed by atoms with Gasteiger partial charge in [-0.2, -0.15) is 0 Å². The van der Waals surface area contributed by atoms with Gasteiger partial charge in [0.15, 0.2) is 0 Å². The van der Waals surface area contributed by atoms with E-state index in [9.17, 15) is 0 Å². The second-order valence-electron chi connectivity index (χ2n) is 4.43. The van der Waals surface area contributed by atoms with E-state index in [1.165, 1.54) is 0 Å². The van der Waals surface area contributed by atoms with E-state index in [-0.39, 0.29) is 18.2 Å². The Morgan fingerprint density at radius 1 is 1.27 bits per heavy atom. The van der Waals surface area contributed by atoms with Crippen molar-refractivity contribution in [2.24, 2.45) is 5.92 Å². The third-order valence-electron chi connectivity index (χ3n) is 1.62. The molecular weight excluding hydrogens is 138 g/mol. The number of aliphatic hydroxyl groups excluding tert-OH is 1. The molecule has 0 aromatic carbocycles. The summed E-state index contributed by atoms with van der Waals surface area (Å²) < 4.78 is 0. The SMILES string of the molecule is CC(C)[C@@H](CO)NC(C)(C)C. The Hall–Kier alpha value is -0.0800. The zero-order valence-electron chi connectivity index (χ0n) is 8.31. The van der Waals surface area contributed by atoms with Gasteiger partial charge in [0.25, 0.3) is 0 Å². The van der Waals surface area contributed by atoms with Crippen LogP contribution in [0.2, 0.25) is 0 Å². The van der Waals surface area contributed by atoms with Crippen LogP contribution in [0.5, 0.6) is 0 Å². The molecule has 0 radical (unpaired) electrons. The molecule has 0 aliphatic heterocycles. The molecule has 0 rings (SSSR count). The van der Waals surface area contributed by atoms with E-state index in [2.05, 4.69) is 39.9 Å². The fourth-order valence-corrected chi connectivity index (χ4v) is 0.979. The minimum absolute atomic E-state index is 0.0949. The quantitative estimate of drug-likeness (QED) is 0.652. The van der Waals surface area contributed by atoms with E-state index in [0.717, 1.165) is 0 Å². The zero-order valence-corrected chi connectivity index (χ0v) is 8.31. The van der Waals surface area contributed by atoms with Crippen molar-refractivity contribution < 1.29 is 5.11 Å². The Bertz CT molecular complexity index is 105. The molecule has 0 amide bonds. The van der Waals surface area contributed by atoms with Crippen LogP contribution in [0, 0.1) is 5.92 Å². The molecule has 0 unspecified atom stereocenters. The summed E-state index contributed by atoms with van der Waals surface area (Å²) in [6.07, 6.45) is 0. The highest BCUT2D eigenvalue weighted by Gasteiger charge is 2.18. The number of hydrogen-bond donors (Lipinski definition) is 2. The van der Waals surface area contributed by atoms with Gasteiger partial charge in [-0.3, -0.25) is 0 Å². The first kappa shape index (κ1) is 10.9. The highest BCUT2D eigenvalue weighted by molar-refractivity contribution is 4.79. The van der Waals surface area contributed by atoms with Crippen LogP contribution >= 0.6 is 0 Å². The van der Waals surface area contributed by atoms with Crippen LogP contribution in [0.3, 0.4) is 0 Å². The van der Waals surface area contributed by atoms with Gasteiger partial charge in [-0.1, -0.05) is 13.8 Å². The van der Waals surface area contributed by atoms with Crippen LogP contribution in [0.15, 0.2) is 0 Å². The van der Waals surface area contributed by atoms with Crippen molar-refractivity contribution in [2.75, 3.05) is 6.61 Å². The van der Waals surface area contributed by atoms with Crippen LogP contribution in [-0.4, -0.2) is 23.3 Å². The number of hydrogen-bond acceptors (Lipinski definition) is 2. The van der Waals surface area contributed by atoms with Gasteiger partial charge in [0.2, 0.25) is 0 Å². The predicted octanol–water partition coefficient (Wildman–Crippen LogP) is 1.39. The Morgan fingerprint density at radius 3 is 1.82 bits per heavy atom. The second-order valence-corrected chi connectivity index (χ2v) is 4.43. The molecule has 0 saturated carbocycles. The molecule has 0 saturated heterocycles.